The van der Waals surface area contributed by atoms with Crippen LogP contribution < -0.4 is 9.47 Å². The molecule has 0 saturated carbocycles. The number of benzene rings is 1. The highest BCUT2D eigenvalue weighted by Crippen LogP contribution is 2.31. The van der Waals surface area contributed by atoms with Crippen LogP contribution in [0.1, 0.15) is 33.6 Å². The van der Waals surface area contributed by atoms with Gasteiger partial charge >= 0.3 is 6.09 Å². The number of ether oxygens (including phenoxy) is 3. The SMILES string of the molecule is CN(C(=O)C1COc2ccccc2O1)C1CCCN(C(=O)OC(C)(C)C)C1. The third-order valence-electron chi connectivity index (χ3n) is 4.73. The van der Waals surface area contributed by atoms with E-state index in [1.807, 2.05) is 39.0 Å². The van der Waals surface area contributed by atoms with Crippen LogP contribution in [0.3, 0.4) is 0 Å². The van der Waals surface area contributed by atoms with Gasteiger partial charge in [-0.15, -0.1) is 0 Å². The van der Waals surface area contributed by atoms with Crippen molar-refractivity contribution in [1.82, 2.24) is 9.80 Å². The second kappa shape index (κ2) is 7.66. The molecule has 27 heavy (non-hydrogen) atoms. The molecule has 2 heterocycles. The van der Waals surface area contributed by atoms with E-state index in [0.29, 0.717) is 24.6 Å². The van der Waals surface area contributed by atoms with E-state index in [0.717, 1.165) is 12.8 Å². The Morgan fingerprint density at radius 3 is 2.63 bits per heavy atom. The number of hydrogen-bond donors (Lipinski definition) is 0. The maximum atomic E-state index is 12.9. The Morgan fingerprint density at radius 1 is 1.22 bits per heavy atom. The zero-order chi connectivity index (χ0) is 19.6. The smallest absolute Gasteiger partial charge is 0.410 e. The second-order valence-corrected chi connectivity index (χ2v) is 8.04. The number of rotatable bonds is 2. The predicted molar refractivity (Wildman–Crippen MR) is 100.0 cm³/mol. The van der Waals surface area contributed by atoms with Gasteiger partial charge in [-0.1, -0.05) is 12.1 Å². The van der Waals surface area contributed by atoms with Gasteiger partial charge in [-0.2, -0.15) is 0 Å². The Bertz CT molecular complexity index is 700. The van der Waals surface area contributed by atoms with E-state index in [9.17, 15) is 9.59 Å². The van der Waals surface area contributed by atoms with E-state index >= 15 is 0 Å². The molecule has 3 rings (SSSR count). The van der Waals surface area contributed by atoms with Crippen molar-refractivity contribution >= 4 is 12.0 Å². The van der Waals surface area contributed by atoms with Crippen LogP contribution in [-0.2, 0) is 9.53 Å². The van der Waals surface area contributed by atoms with Gasteiger partial charge in [0, 0.05) is 26.2 Å². The minimum absolute atomic E-state index is 0.0699. The van der Waals surface area contributed by atoms with E-state index in [4.69, 9.17) is 14.2 Å². The molecule has 1 aromatic rings. The lowest BCUT2D eigenvalue weighted by Crippen LogP contribution is -2.54. The highest BCUT2D eigenvalue weighted by molar-refractivity contribution is 5.82. The zero-order valence-corrected chi connectivity index (χ0v) is 16.4. The fraction of sp³-hybridized carbons (Fsp3) is 0.600. The van der Waals surface area contributed by atoms with Crippen LogP contribution in [-0.4, -0.2) is 66.3 Å². The second-order valence-electron chi connectivity index (χ2n) is 8.04. The first-order chi connectivity index (χ1) is 12.7. The molecule has 1 saturated heterocycles. The van der Waals surface area contributed by atoms with E-state index in [-0.39, 0.29) is 24.6 Å². The first-order valence-corrected chi connectivity index (χ1v) is 9.37. The summed E-state index contributed by atoms with van der Waals surface area (Å²) in [5.41, 5.74) is -0.535. The van der Waals surface area contributed by atoms with Crippen LogP contribution in [0.25, 0.3) is 0 Å². The maximum Gasteiger partial charge on any atom is 0.410 e. The number of carbonyl (C=O) groups excluding carboxylic acids is 2. The molecule has 0 aromatic heterocycles. The van der Waals surface area contributed by atoms with Gasteiger partial charge in [0.2, 0.25) is 6.10 Å². The van der Waals surface area contributed by atoms with Crippen LogP contribution in [0, 0.1) is 0 Å². The van der Waals surface area contributed by atoms with Crippen molar-refractivity contribution in [2.75, 3.05) is 26.7 Å². The Balaban J connectivity index is 1.61. The summed E-state index contributed by atoms with van der Waals surface area (Å²) in [4.78, 5) is 28.6. The quantitative estimate of drug-likeness (QED) is 0.794. The molecule has 2 unspecified atom stereocenters. The van der Waals surface area contributed by atoms with E-state index < -0.39 is 11.7 Å². The Kier molecular flexibility index (Phi) is 5.48. The molecular weight excluding hydrogens is 348 g/mol. The summed E-state index contributed by atoms with van der Waals surface area (Å²) in [5, 5.41) is 0. The van der Waals surface area contributed by atoms with Gasteiger partial charge in [0.25, 0.3) is 5.91 Å². The van der Waals surface area contributed by atoms with Gasteiger partial charge < -0.3 is 24.0 Å². The molecule has 7 nitrogen and oxygen atoms in total. The standard InChI is InChI=1S/C20H28N2O5/c1-20(2,3)27-19(24)22-11-7-8-14(12-22)21(4)18(23)17-13-25-15-9-5-6-10-16(15)26-17/h5-6,9-10,14,17H,7-8,11-13H2,1-4H3. The summed E-state index contributed by atoms with van der Waals surface area (Å²) in [6, 6.07) is 7.25. The van der Waals surface area contributed by atoms with Gasteiger partial charge in [0.15, 0.2) is 11.5 Å². The number of amides is 2. The van der Waals surface area contributed by atoms with Crippen LogP contribution >= 0.6 is 0 Å². The molecule has 2 amide bonds. The molecule has 2 aliphatic rings. The average molecular weight is 376 g/mol. The van der Waals surface area contributed by atoms with Crippen molar-refractivity contribution in [2.24, 2.45) is 0 Å². The molecule has 1 fully saturated rings. The molecule has 2 aliphatic heterocycles. The van der Waals surface area contributed by atoms with E-state index in [1.165, 1.54) is 0 Å². The third-order valence-corrected chi connectivity index (χ3v) is 4.73. The number of nitrogens with zero attached hydrogens (tertiary/aromatic N) is 2. The van der Waals surface area contributed by atoms with E-state index in [2.05, 4.69) is 0 Å². The Hall–Kier alpha value is -2.44. The monoisotopic (exact) mass is 376 g/mol. The lowest BCUT2D eigenvalue weighted by atomic mass is 10.0. The average Bonchev–Trinajstić information content (AvgIpc) is 2.65. The molecular formula is C20H28N2O5. The first-order valence-electron chi connectivity index (χ1n) is 9.37. The lowest BCUT2D eigenvalue weighted by molar-refractivity contribution is -0.143. The summed E-state index contributed by atoms with van der Waals surface area (Å²) in [6.45, 7) is 6.83. The number of carbonyl (C=O) groups is 2. The first kappa shape index (κ1) is 19.3. The molecule has 7 heteroatoms. The van der Waals surface area contributed by atoms with Gasteiger partial charge in [-0.3, -0.25) is 4.79 Å². The highest BCUT2D eigenvalue weighted by Gasteiger charge is 2.35. The summed E-state index contributed by atoms with van der Waals surface area (Å²) in [6.07, 6.45) is 0.652. The topological polar surface area (TPSA) is 68.3 Å². The van der Waals surface area contributed by atoms with Crippen LogP contribution in [0.15, 0.2) is 24.3 Å². The number of fused-ring (bicyclic) bond motifs is 1. The minimum atomic E-state index is -0.679. The van der Waals surface area contributed by atoms with Gasteiger partial charge in [0.1, 0.15) is 12.2 Å². The summed E-state index contributed by atoms with van der Waals surface area (Å²) < 4.78 is 16.9. The molecule has 0 aliphatic carbocycles. The fourth-order valence-corrected chi connectivity index (χ4v) is 3.31. The Morgan fingerprint density at radius 2 is 1.93 bits per heavy atom. The molecule has 0 N–H and O–H groups in total. The molecule has 2 atom stereocenters. The summed E-state index contributed by atoms with van der Waals surface area (Å²) in [5.74, 6) is 1.09. The summed E-state index contributed by atoms with van der Waals surface area (Å²) >= 11 is 0. The van der Waals surface area contributed by atoms with E-state index in [1.54, 1.807) is 22.9 Å². The number of piperidine rings is 1. The molecule has 0 bridgehead atoms. The van der Waals surface area contributed by atoms with Gasteiger partial charge in [-0.25, -0.2) is 4.79 Å². The number of likely N-dealkylation sites (N-methyl/N-ethyl adjacent to an activating group) is 1. The van der Waals surface area contributed by atoms with Crippen LogP contribution in [0.2, 0.25) is 0 Å². The predicted octanol–water partition coefficient (Wildman–Crippen LogP) is 2.68. The number of para-hydroxylation sites is 2. The zero-order valence-electron chi connectivity index (χ0n) is 16.4. The van der Waals surface area contributed by atoms with Crippen molar-refractivity contribution in [3.05, 3.63) is 24.3 Å². The Labute approximate surface area is 160 Å². The van der Waals surface area contributed by atoms with Gasteiger partial charge in [-0.05, 0) is 45.7 Å². The lowest BCUT2D eigenvalue weighted by Gasteiger charge is -2.39. The molecule has 1 aromatic carbocycles. The van der Waals surface area contributed by atoms with Crippen LogP contribution in [0.4, 0.5) is 4.79 Å². The molecule has 148 valence electrons. The molecule has 0 spiro atoms. The minimum Gasteiger partial charge on any atom is -0.485 e. The highest BCUT2D eigenvalue weighted by atomic mass is 16.6. The van der Waals surface area contributed by atoms with Crippen molar-refractivity contribution in [3.63, 3.8) is 0 Å². The normalized spacial score (nSPS) is 22.1. The van der Waals surface area contributed by atoms with Crippen molar-refractivity contribution in [2.45, 2.75) is 51.4 Å². The molecule has 0 radical (unpaired) electrons. The summed E-state index contributed by atoms with van der Waals surface area (Å²) in [7, 11) is 1.76. The third kappa shape index (κ3) is 4.64. The van der Waals surface area contributed by atoms with Gasteiger partial charge in [0.05, 0.1) is 0 Å². The van der Waals surface area contributed by atoms with Crippen LogP contribution in [0.5, 0.6) is 11.5 Å². The maximum absolute atomic E-state index is 12.9. The largest absolute Gasteiger partial charge is 0.485 e. The number of hydrogen-bond acceptors (Lipinski definition) is 5. The number of likely N-dealkylation sites (tertiary alicyclic amines) is 1. The fourth-order valence-electron chi connectivity index (χ4n) is 3.31. The van der Waals surface area contributed by atoms with Crippen molar-refractivity contribution < 1.29 is 23.8 Å². The van der Waals surface area contributed by atoms with Crippen molar-refractivity contribution in [3.8, 4) is 11.5 Å². The van der Waals surface area contributed by atoms with Crippen molar-refractivity contribution in [1.29, 1.82) is 0 Å².